The van der Waals surface area contributed by atoms with E-state index in [4.69, 9.17) is 0 Å². The Kier molecular flexibility index (Phi) is 29.3. The zero-order valence-electron chi connectivity index (χ0n) is 22.4. The molecule has 34 heavy (non-hydrogen) atoms. The first-order chi connectivity index (χ1) is 15.9. The van der Waals surface area contributed by atoms with Crippen LogP contribution >= 0.6 is 0 Å². The fourth-order valence-electron chi connectivity index (χ4n) is 2.22. The largest absolute Gasteiger partial charge is 4.00 e. The van der Waals surface area contributed by atoms with E-state index in [-0.39, 0.29) is 27.1 Å². The van der Waals surface area contributed by atoms with Gasteiger partial charge in [-0.1, -0.05) is 111 Å². The average molecular weight is 494 g/mol. The van der Waals surface area contributed by atoms with Gasteiger partial charge in [0.2, 0.25) is 0 Å². The van der Waals surface area contributed by atoms with Gasteiger partial charge in [0.05, 0.1) is 0 Å². The van der Waals surface area contributed by atoms with Crippen molar-refractivity contribution in [2.75, 3.05) is 42.3 Å². The maximum absolute atomic E-state index is 3.50. The quantitative estimate of drug-likeness (QED) is 0.233. The molecule has 0 aliphatic heterocycles. The molecule has 0 spiro atoms. The van der Waals surface area contributed by atoms with Gasteiger partial charge < -0.3 is 16.0 Å². The zero-order chi connectivity index (χ0) is 25.2. The van der Waals surface area contributed by atoms with E-state index in [0.717, 1.165) is 6.42 Å². The smallest absolute Gasteiger partial charge is 0.668 e. The van der Waals surface area contributed by atoms with Gasteiger partial charge in [-0.05, 0) is 11.1 Å². The third-order valence-electron chi connectivity index (χ3n) is 3.62. The average Bonchev–Trinajstić information content (AvgIpc) is 2.80. The van der Waals surface area contributed by atoms with Crippen molar-refractivity contribution in [3.63, 3.8) is 0 Å². The van der Waals surface area contributed by atoms with E-state index in [1.807, 2.05) is 48.6 Å². The Morgan fingerprint density at radius 3 is 1.26 bits per heavy atom. The van der Waals surface area contributed by atoms with E-state index in [1.54, 1.807) is 42.3 Å². The number of nitrogens with zero attached hydrogens (tertiary/aromatic N) is 3. The number of hydrogen-bond acceptors (Lipinski definition) is 0. The molecule has 3 nitrogen and oxygen atoms in total. The van der Waals surface area contributed by atoms with Crippen LogP contribution in [0.2, 0.25) is 0 Å². The second-order valence-electron chi connectivity index (χ2n) is 7.71. The van der Waals surface area contributed by atoms with Crippen molar-refractivity contribution in [2.24, 2.45) is 5.41 Å². The van der Waals surface area contributed by atoms with Gasteiger partial charge in [-0.3, -0.25) is 6.08 Å². The summed E-state index contributed by atoms with van der Waals surface area (Å²) in [7, 11) is 10.5. The summed E-state index contributed by atoms with van der Waals surface area (Å²) in [5.74, 6) is 0. The zero-order valence-corrected chi connectivity index (χ0v) is 23.9. The van der Waals surface area contributed by atoms with E-state index in [2.05, 4.69) is 90.5 Å². The Balaban J connectivity index is -0.000000448. The number of allylic oxidation sites excluding steroid dienone is 6. The van der Waals surface area contributed by atoms with Crippen molar-refractivity contribution in [3.05, 3.63) is 124 Å². The second-order valence-corrected chi connectivity index (χ2v) is 7.71. The molecule has 0 aromatic heterocycles. The molecule has 0 radical (unpaired) electrons. The molecule has 0 fully saturated rings. The fraction of sp³-hybridized carbons (Fsp3) is 0.333. The van der Waals surface area contributed by atoms with Gasteiger partial charge in [-0.15, -0.1) is 0 Å². The number of rotatable bonds is 3. The first kappa shape index (κ1) is 36.6. The summed E-state index contributed by atoms with van der Waals surface area (Å²) in [5, 5.41) is 10.5. The normalized spacial score (nSPS) is 12.5. The van der Waals surface area contributed by atoms with Crippen molar-refractivity contribution < 1.29 is 21.7 Å². The van der Waals surface area contributed by atoms with Gasteiger partial charge >= 0.3 is 21.7 Å². The Morgan fingerprint density at radius 2 is 1.03 bits per heavy atom. The van der Waals surface area contributed by atoms with Crippen LogP contribution in [0.5, 0.6) is 0 Å². The third kappa shape index (κ3) is 26.2. The summed E-state index contributed by atoms with van der Waals surface area (Å²) >= 11 is 0. The topological polar surface area (TPSA) is 42.3 Å². The molecule has 0 bridgehead atoms. The fourth-order valence-corrected chi connectivity index (χ4v) is 2.22. The van der Waals surface area contributed by atoms with Crippen LogP contribution in [-0.2, 0) is 21.7 Å². The molecule has 0 saturated carbocycles. The molecule has 0 unspecified atom stereocenters. The Bertz CT molecular complexity index is 712. The van der Waals surface area contributed by atoms with Crippen LogP contribution in [-0.4, -0.2) is 42.3 Å². The van der Waals surface area contributed by atoms with Crippen LogP contribution in [0.3, 0.4) is 0 Å². The van der Waals surface area contributed by atoms with Gasteiger partial charge in [0.1, 0.15) is 0 Å². The van der Waals surface area contributed by atoms with Crippen LogP contribution in [0.15, 0.2) is 91.0 Å². The molecule has 0 saturated heterocycles. The van der Waals surface area contributed by atoms with E-state index < -0.39 is 0 Å². The van der Waals surface area contributed by atoms with Crippen LogP contribution in [0.25, 0.3) is 28.1 Å². The minimum absolute atomic E-state index is 0. The van der Waals surface area contributed by atoms with Crippen molar-refractivity contribution in [1.29, 1.82) is 0 Å². The molecule has 182 valence electrons. The summed E-state index contributed by atoms with van der Waals surface area (Å²) in [6.45, 7) is 4.38. The van der Waals surface area contributed by atoms with Crippen molar-refractivity contribution >= 4 is 12.2 Å². The molecule has 2 aromatic rings. The Morgan fingerprint density at radius 1 is 0.676 bits per heavy atom. The summed E-state index contributed by atoms with van der Waals surface area (Å²) in [6.07, 6.45) is 18.9. The molecule has 4 heteroatoms. The van der Waals surface area contributed by atoms with Crippen molar-refractivity contribution in [3.8, 4) is 0 Å². The number of hydrogen-bond donors (Lipinski definition) is 0. The van der Waals surface area contributed by atoms with E-state index in [0.29, 0.717) is 0 Å². The van der Waals surface area contributed by atoms with Gasteiger partial charge in [0.15, 0.2) is 0 Å². The molecule has 0 atom stereocenters. The standard InChI is InChI=1S/C16H14.C8H11.3C2H6N.Ti/c1-3-9-15(10-4-1)13-7-8-14-16-11-5-2-6-12-16;1-8(2)6-4-3-5-7-8;3*1-3-2;/h1-14H;3-5H,6H2,1-2H3;3*1-2H3;/q;4*-1;+4. The molecule has 0 amide bonds. The Labute approximate surface area is 225 Å². The molecule has 2 aromatic carbocycles. The van der Waals surface area contributed by atoms with Crippen LogP contribution in [0, 0.1) is 11.5 Å². The second kappa shape index (κ2) is 27.2. The third-order valence-corrected chi connectivity index (χ3v) is 3.62. The van der Waals surface area contributed by atoms with Crippen LogP contribution in [0.1, 0.15) is 31.4 Å². The van der Waals surface area contributed by atoms with Gasteiger partial charge in [0.25, 0.3) is 0 Å². The summed E-state index contributed by atoms with van der Waals surface area (Å²) < 4.78 is 0. The molecule has 3 rings (SSSR count). The van der Waals surface area contributed by atoms with Crippen LogP contribution in [0.4, 0.5) is 0 Å². The first-order valence-electron chi connectivity index (χ1n) is 11.0. The molecule has 0 N–H and O–H groups in total. The maximum atomic E-state index is 3.50. The minimum atomic E-state index is 0. The van der Waals surface area contributed by atoms with E-state index >= 15 is 0 Å². The van der Waals surface area contributed by atoms with Gasteiger partial charge in [-0.2, -0.15) is 48.4 Å². The molecular formula is C30H43N3Ti. The molecular weight excluding hydrogens is 450 g/mol. The minimum Gasteiger partial charge on any atom is -0.668 e. The SMILES string of the molecule is C(C=Cc1ccccc1)=Cc1ccccc1.CC1(C)[C-]=CC=CC1.C[N-]C.C[N-]C.C[N-]C.[Ti+4]. The van der Waals surface area contributed by atoms with Crippen molar-refractivity contribution in [1.82, 2.24) is 0 Å². The summed E-state index contributed by atoms with van der Waals surface area (Å²) in [4.78, 5) is 0. The van der Waals surface area contributed by atoms with Crippen LogP contribution < -0.4 is 0 Å². The van der Waals surface area contributed by atoms with Gasteiger partial charge in [0, 0.05) is 0 Å². The Hall–Kier alpha value is -2.01. The summed E-state index contributed by atoms with van der Waals surface area (Å²) in [6, 6.07) is 20.6. The maximum Gasteiger partial charge on any atom is 4.00 e. The predicted molar refractivity (Wildman–Crippen MR) is 152 cm³/mol. The first-order valence-corrected chi connectivity index (χ1v) is 11.0. The number of benzene rings is 2. The molecule has 1 aliphatic carbocycles. The van der Waals surface area contributed by atoms with E-state index in [9.17, 15) is 0 Å². The molecule has 0 heterocycles. The predicted octanol–water partition coefficient (Wildman–Crippen LogP) is 8.60. The monoisotopic (exact) mass is 493 g/mol. The van der Waals surface area contributed by atoms with E-state index in [1.165, 1.54) is 11.1 Å². The molecule has 1 aliphatic rings. The van der Waals surface area contributed by atoms with Crippen molar-refractivity contribution in [2.45, 2.75) is 20.3 Å². The summed E-state index contributed by atoms with van der Waals surface area (Å²) in [5.41, 5.74) is 2.73. The van der Waals surface area contributed by atoms with Gasteiger partial charge in [-0.25, -0.2) is 12.2 Å².